The first kappa shape index (κ1) is 12.1. The summed E-state index contributed by atoms with van der Waals surface area (Å²) in [6, 6.07) is 14.8. The number of thiophene rings is 1. The number of aromatic carboxylic acids is 1. The molecule has 4 nitrogen and oxygen atoms in total. The zero-order chi connectivity index (χ0) is 14.4. The van der Waals surface area contributed by atoms with E-state index in [2.05, 4.69) is 11.1 Å². The van der Waals surface area contributed by atoms with Gasteiger partial charge in [-0.3, -0.25) is 0 Å². The Hall–Kier alpha value is -2.66. The Balaban J connectivity index is 1.87. The maximum absolute atomic E-state index is 11.0. The Morgan fingerprint density at radius 3 is 2.81 bits per heavy atom. The molecule has 0 saturated heterocycles. The van der Waals surface area contributed by atoms with Gasteiger partial charge in [0.25, 0.3) is 0 Å². The van der Waals surface area contributed by atoms with E-state index in [1.807, 2.05) is 24.3 Å². The lowest BCUT2D eigenvalue weighted by atomic mass is 10.2. The van der Waals surface area contributed by atoms with Crippen molar-refractivity contribution >= 4 is 38.5 Å². The van der Waals surface area contributed by atoms with Gasteiger partial charge in [-0.2, -0.15) is 0 Å². The largest absolute Gasteiger partial charge is 0.478 e. The van der Waals surface area contributed by atoms with Crippen LogP contribution in [0, 0.1) is 0 Å². The fraction of sp³-hybridized carbons (Fsp3) is 0. The summed E-state index contributed by atoms with van der Waals surface area (Å²) >= 11 is 1.60. The van der Waals surface area contributed by atoms with Crippen LogP contribution in [0.4, 0.5) is 0 Å². The summed E-state index contributed by atoms with van der Waals surface area (Å²) in [6.45, 7) is 0. The Morgan fingerprint density at radius 1 is 1.14 bits per heavy atom. The summed E-state index contributed by atoms with van der Waals surface area (Å²) in [7, 11) is 0. The van der Waals surface area contributed by atoms with Crippen molar-refractivity contribution in [1.29, 1.82) is 0 Å². The molecule has 0 saturated carbocycles. The maximum atomic E-state index is 11.0. The van der Waals surface area contributed by atoms with Crippen LogP contribution in [0.3, 0.4) is 0 Å². The van der Waals surface area contributed by atoms with Crippen molar-refractivity contribution in [3.63, 3.8) is 0 Å². The number of fused-ring (bicyclic) bond motifs is 2. The van der Waals surface area contributed by atoms with Gasteiger partial charge in [-0.05, 0) is 35.7 Å². The minimum absolute atomic E-state index is 0.196. The van der Waals surface area contributed by atoms with Crippen LogP contribution in [0.2, 0.25) is 0 Å². The zero-order valence-electron chi connectivity index (χ0n) is 10.7. The van der Waals surface area contributed by atoms with Gasteiger partial charge in [-0.15, -0.1) is 11.3 Å². The topological polar surface area (TPSA) is 63.3 Å². The van der Waals surface area contributed by atoms with Crippen molar-refractivity contribution in [1.82, 2.24) is 4.98 Å². The highest BCUT2D eigenvalue weighted by Gasteiger charge is 2.13. The quantitative estimate of drug-likeness (QED) is 0.595. The normalized spacial score (nSPS) is 11.2. The van der Waals surface area contributed by atoms with Gasteiger partial charge in [-0.1, -0.05) is 18.2 Å². The van der Waals surface area contributed by atoms with Crippen LogP contribution in [-0.2, 0) is 0 Å². The lowest BCUT2D eigenvalue weighted by molar-refractivity contribution is 0.0697. The Labute approximate surface area is 123 Å². The van der Waals surface area contributed by atoms with E-state index in [-0.39, 0.29) is 5.56 Å². The summed E-state index contributed by atoms with van der Waals surface area (Å²) < 4.78 is 6.88. The smallest absolute Gasteiger partial charge is 0.335 e. The number of oxazole rings is 1. The van der Waals surface area contributed by atoms with Crippen molar-refractivity contribution in [2.75, 3.05) is 0 Å². The number of carboxylic acid groups (broad SMARTS) is 1. The van der Waals surface area contributed by atoms with Crippen molar-refractivity contribution in [2.24, 2.45) is 0 Å². The molecule has 1 N–H and O–H groups in total. The molecule has 0 aliphatic carbocycles. The number of carboxylic acids is 1. The van der Waals surface area contributed by atoms with E-state index in [0.717, 1.165) is 10.3 Å². The lowest BCUT2D eigenvalue weighted by Gasteiger charge is -1.91. The highest BCUT2D eigenvalue weighted by molar-refractivity contribution is 7.22. The maximum Gasteiger partial charge on any atom is 0.335 e. The molecule has 0 aliphatic heterocycles. The minimum atomic E-state index is -0.975. The first-order chi connectivity index (χ1) is 10.2. The van der Waals surface area contributed by atoms with Gasteiger partial charge in [-0.25, -0.2) is 9.78 Å². The number of benzene rings is 2. The molecule has 2 aromatic carbocycles. The number of rotatable bonds is 2. The molecule has 0 spiro atoms. The number of hydrogen-bond acceptors (Lipinski definition) is 4. The second-order valence-electron chi connectivity index (χ2n) is 4.66. The molecule has 2 heterocycles. The molecule has 0 bridgehead atoms. The minimum Gasteiger partial charge on any atom is -0.478 e. The number of hydrogen-bond donors (Lipinski definition) is 1. The number of nitrogens with zero attached hydrogens (tertiary/aromatic N) is 1. The van der Waals surface area contributed by atoms with E-state index < -0.39 is 5.97 Å². The predicted octanol–water partition coefficient (Wildman–Crippen LogP) is 4.41. The molecule has 5 heteroatoms. The Morgan fingerprint density at radius 2 is 2.00 bits per heavy atom. The third-order valence-electron chi connectivity index (χ3n) is 3.27. The molecule has 0 amide bonds. The molecular formula is C16H9NO3S. The molecule has 0 atom stereocenters. The molecule has 4 rings (SSSR count). The molecule has 2 aromatic heterocycles. The fourth-order valence-electron chi connectivity index (χ4n) is 2.25. The van der Waals surface area contributed by atoms with Crippen molar-refractivity contribution < 1.29 is 14.3 Å². The van der Waals surface area contributed by atoms with Gasteiger partial charge < -0.3 is 9.52 Å². The highest BCUT2D eigenvalue weighted by atomic mass is 32.1. The monoisotopic (exact) mass is 295 g/mol. The van der Waals surface area contributed by atoms with Crippen LogP contribution < -0.4 is 0 Å². The first-order valence-electron chi connectivity index (χ1n) is 6.33. The third kappa shape index (κ3) is 1.98. The Bertz CT molecular complexity index is 950. The van der Waals surface area contributed by atoms with E-state index in [1.54, 1.807) is 17.4 Å². The van der Waals surface area contributed by atoms with Crippen molar-refractivity contribution in [3.8, 4) is 10.8 Å². The molecule has 4 aromatic rings. The summed E-state index contributed by atoms with van der Waals surface area (Å²) in [5, 5.41) is 10.1. The van der Waals surface area contributed by atoms with Gasteiger partial charge in [0.1, 0.15) is 5.52 Å². The van der Waals surface area contributed by atoms with E-state index in [0.29, 0.717) is 17.0 Å². The van der Waals surface area contributed by atoms with E-state index in [1.165, 1.54) is 16.8 Å². The summed E-state index contributed by atoms with van der Waals surface area (Å²) in [5.74, 6) is -0.453. The van der Waals surface area contributed by atoms with Crippen LogP contribution in [0.25, 0.3) is 32.0 Å². The lowest BCUT2D eigenvalue weighted by Crippen LogP contribution is -1.94. The second kappa shape index (κ2) is 4.43. The molecule has 0 aliphatic rings. The van der Waals surface area contributed by atoms with E-state index in [4.69, 9.17) is 9.52 Å². The van der Waals surface area contributed by atoms with Gasteiger partial charge >= 0.3 is 5.97 Å². The van der Waals surface area contributed by atoms with Gasteiger partial charge in [0.2, 0.25) is 5.89 Å². The average molecular weight is 295 g/mol. The van der Waals surface area contributed by atoms with E-state index >= 15 is 0 Å². The fourth-order valence-corrected chi connectivity index (χ4v) is 3.24. The average Bonchev–Trinajstić information content (AvgIpc) is 3.09. The Kier molecular flexibility index (Phi) is 2.55. The highest BCUT2D eigenvalue weighted by Crippen LogP contribution is 2.34. The standard InChI is InChI=1S/C16H9NO3S/c18-16(19)10-5-6-11-12(7-10)20-15(17-11)14-8-9-3-1-2-4-13(9)21-14/h1-8H,(H,18,19). The number of carbonyl (C=O) groups is 1. The van der Waals surface area contributed by atoms with Crippen LogP contribution >= 0.6 is 11.3 Å². The predicted molar refractivity (Wildman–Crippen MR) is 81.8 cm³/mol. The van der Waals surface area contributed by atoms with Crippen molar-refractivity contribution in [2.45, 2.75) is 0 Å². The molecular weight excluding hydrogens is 286 g/mol. The van der Waals surface area contributed by atoms with Crippen LogP contribution in [-0.4, -0.2) is 16.1 Å². The molecule has 102 valence electrons. The van der Waals surface area contributed by atoms with Crippen LogP contribution in [0.1, 0.15) is 10.4 Å². The third-order valence-corrected chi connectivity index (χ3v) is 4.38. The summed E-state index contributed by atoms with van der Waals surface area (Å²) in [6.07, 6.45) is 0. The first-order valence-corrected chi connectivity index (χ1v) is 7.15. The van der Waals surface area contributed by atoms with Crippen molar-refractivity contribution in [3.05, 3.63) is 54.1 Å². The molecule has 0 radical (unpaired) electrons. The zero-order valence-corrected chi connectivity index (χ0v) is 11.6. The molecule has 0 unspecified atom stereocenters. The van der Waals surface area contributed by atoms with Gasteiger partial charge in [0.05, 0.1) is 10.4 Å². The van der Waals surface area contributed by atoms with Crippen LogP contribution in [0.5, 0.6) is 0 Å². The molecule has 0 fully saturated rings. The summed E-state index contributed by atoms with van der Waals surface area (Å²) in [4.78, 5) is 16.3. The second-order valence-corrected chi connectivity index (χ2v) is 5.74. The summed E-state index contributed by atoms with van der Waals surface area (Å²) in [5.41, 5.74) is 1.34. The van der Waals surface area contributed by atoms with Gasteiger partial charge in [0.15, 0.2) is 5.58 Å². The molecule has 21 heavy (non-hydrogen) atoms. The van der Waals surface area contributed by atoms with Gasteiger partial charge in [0, 0.05) is 4.70 Å². The number of aromatic nitrogens is 1. The van der Waals surface area contributed by atoms with Crippen LogP contribution in [0.15, 0.2) is 52.9 Å². The van der Waals surface area contributed by atoms with E-state index in [9.17, 15) is 4.79 Å². The SMILES string of the molecule is O=C(O)c1ccc2nc(-c3cc4ccccc4s3)oc2c1.